The van der Waals surface area contributed by atoms with Crippen molar-refractivity contribution in [2.75, 3.05) is 33.2 Å². The molecule has 37 heavy (non-hydrogen) atoms. The summed E-state index contributed by atoms with van der Waals surface area (Å²) in [4.78, 5) is 14.8. The molecular weight excluding hydrogens is 452 g/mol. The van der Waals surface area contributed by atoms with Gasteiger partial charge in [0, 0.05) is 12.0 Å². The number of benzene rings is 1. The van der Waals surface area contributed by atoms with E-state index in [1.807, 2.05) is 0 Å². The van der Waals surface area contributed by atoms with Gasteiger partial charge >= 0.3 is 0 Å². The van der Waals surface area contributed by atoms with Gasteiger partial charge in [0.15, 0.2) is 0 Å². The lowest BCUT2D eigenvalue weighted by Crippen LogP contribution is -2.57. The Kier molecular flexibility index (Phi) is 17.7. The first-order valence-corrected chi connectivity index (χ1v) is 16.3. The maximum Gasteiger partial charge on any atom is 0.222 e. The topological polar surface area (TPSA) is 20.3 Å². The number of rotatable bonds is 22. The van der Waals surface area contributed by atoms with Crippen LogP contribution in [-0.4, -0.2) is 48.5 Å². The second kappa shape index (κ2) is 20.6. The number of carbonyl (C=O) groups excluding carboxylic acids is 1. The first kappa shape index (κ1) is 31.9. The van der Waals surface area contributed by atoms with E-state index in [9.17, 15) is 4.79 Å². The van der Waals surface area contributed by atoms with Crippen LogP contribution in [0.5, 0.6) is 0 Å². The fraction of sp³-hybridized carbons (Fsp3) is 0.794. The highest BCUT2D eigenvalue weighted by molar-refractivity contribution is 5.76. The van der Waals surface area contributed by atoms with Gasteiger partial charge in [0.05, 0.1) is 33.2 Å². The summed E-state index contributed by atoms with van der Waals surface area (Å²) in [5.74, 6) is 0.387. The summed E-state index contributed by atoms with van der Waals surface area (Å²) in [5.41, 5.74) is 1.40. The Balaban J connectivity index is 1.33. The van der Waals surface area contributed by atoms with Gasteiger partial charge in [-0.05, 0) is 6.42 Å². The fourth-order valence-corrected chi connectivity index (χ4v) is 5.89. The molecule has 0 spiro atoms. The molecule has 1 aliphatic rings. The largest absolute Gasteiger partial charge is 0.331 e. The minimum atomic E-state index is 0.387. The van der Waals surface area contributed by atoms with E-state index in [0.717, 1.165) is 50.0 Å². The standard InChI is InChI=1S/C34H61N2O/c1-3-4-5-6-7-8-9-10-11-12-13-14-15-16-17-18-19-20-24-27-34(37)35-28-30-36(2,31-29-35)32-33-25-22-21-23-26-33/h21-23,25-26H,3-20,24,27-32H2,1-2H3/q+1. The summed E-state index contributed by atoms with van der Waals surface area (Å²) in [7, 11) is 2.34. The SMILES string of the molecule is CCCCCCCCCCCCCCCCCCCCCC(=O)N1CC[N+](C)(Cc2ccccc2)CC1. The lowest BCUT2D eigenvalue weighted by molar-refractivity contribution is -0.926. The van der Waals surface area contributed by atoms with Crippen LogP contribution in [0.4, 0.5) is 0 Å². The van der Waals surface area contributed by atoms with Gasteiger partial charge in [-0.25, -0.2) is 0 Å². The minimum Gasteiger partial charge on any atom is -0.331 e. The van der Waals surface area contributed by atoms with Gasteiger partial charge in [0.1, 0.15) is 6.54 Å². The zero-order valence-electron chi connectivity index (χ0n) is 24.9. The number of likely N-dealkylation sites (N-methyl/N-ethyl adjacent to an activating group) is 1. The predicted molar refractivity (Wildman–Crippen MR) is 161 cm³/mol. The van der Waals surface area contributed by atoms with E-state index >= 15 is 0 Å². The molecule has 0 atom stereocenters. The second-order valence-corrected chi connectivity index (χ2v) is 12.2. The van der Waals surface area contributed by atoms with E-state index < -0.39 is 0 Å². The van der Waals surface area contributed by atoms with Crippen molar-refractivity contribution in [1.82, 2.24) is 4.90 Å². The molecule has 1 aromatic carbocycles. The number of hydrogen-bond donors (Lipinski definition) is 0. The average Bonchev–Trinajstić information content (AvgIpc) is 2.90. The third-order valence-corrected chi connectivity index (χ3v) is 8.57. The monoisotopic (exact) mass is 513 g/mol. The van der Waals surface area contributed by atoms with Crippen molar-refractivity contribution in [2.24, 2.45) is 0 Å². The van der Waals surface area contributed by atoms with E-state index in [4.69, 9.17) is 0 Å². The molecular formula is C34H61N2O+. The van der Waals surface area contributed by atoms with Crippen LogP contribution in [0.15, 0.2) is 30.3 Å². The van der Waals surface area contributed by atoms with Gasteiger partial charge in [-0.2, -0.15) is 0 Å². The highest BCUT2D eigenvalue weighted by atomic mass is 16.2. The van der Waals surface area contributed by atoms with Crippen LogP contribution in [0.3, 0.4) is 0 Å². The van der Waals surface area contributed by atoms with Crippen molar-refractivity contribution in [3.05, 3.63) is 35.9 Å². The summed E-state index contributed by atoms with van der Waals surface area (Å²) in [5, 5.41) is 0. The smallest absolute Gasteiger partial charge is 0.222 e. The Morgan fingerprint density at radius 2 is 1.05 bits per heavy atom. The molecule has 0 bridgehead atoms. The highest BCUT2D eigenvalue weighted by Crippen LogP contribution is 2.18. The average molecular weight is 514 g/mol. The fourth-order valence-electron chi connectivity index (χ4n) is 5.89. The maximum absolute atomic E-state index is 12.7. The normalized spacial score (nSPS) is 15.2. The van der Waals surface area contributed by atoms with Crippen molar-refractivity contribution in [3.63, 3.8) is 0 Å². The van der Waals surface area contributed by atoms with Gasteiger partial charge in [0.25, 0.3) is 0 Å². The third-order valence-electron chi connectivity index (χ3n) is 8.57. The molecule has 1 heterocycles. The Hall–Kier alpha value is -1.35. The van der Waals surface area contributed by atoms with Gasteiger partial charge < -0.3 is 9.38 Å². The molecule has 212 valence electrons. The number of quaternary nitrogens is 1. The number of nitrogens with zero attached hydrogens (tertiary/aromatic N) is 2. The molecule has 0 saturated carbocycles. The van der Waals surface area contributed by atoms with E-state index in [-0.39, 0.29) is 0 Å². The molecule has 2 rings (SSSR count). The lowest BCUT2D eigenvalue weighted by Gasteiger charge is -2.42. The molecule has 0 aromatic heterocycles. The van der Waals surface area contributed by atoms with Crippen LogP contribution in [-0.2, 0) is 11.3 Å². The first-order chi connectivity index (χ1) is 18.1. The summed E-state index contributed by atoms with van der Waals surface area (Å²) in [6, 6.07) is 10.8. The molecule has 1 aliphatic heterocycles. The molecule has 1 saturated heterocycles. The van der Waals surface area contributed by atoms with Crippen LogP contribution >= 0.6 is 0 Å². The van der Waals surface area contributed by atoms with Crippen LogP contribution in [0.2, 0.25) is 0 Å². The number of unbranched alkanes of at least 4 members (excludes halogenated alkanes) is 18. The third kappa shape index (κ3) is 15.6. The van der Waals surface area contributed by atoms with E-state index in [1.165, 1.54) is 121 Å². The van der Waals surface area contributed by atoms with Crippen molar-refractivity contribution in [1.29, 1.82) is 0 Å². The Bertz CT molecular complexity index is 666. The van der Waals surface area contributed by atoms with E-state index in [2.05, 4.69) is 49.2 Å². The molecule has 1 fully saturated rings. The molecule has 1 aromatic rings. The van der Waals surface area contributed by atoms with E-state index in [1.54, 1.807) is 0 Å². The zero-order valence-corrected chi connectivity index (χ0v) is 24.9. The Labute approximate surface area is 231 Å². The molecule has 3 heteroatoms. The van der Waals surface area contributed by atoms with Crippen molar-refractivity contribution in [3.8, 4) is 0 Å². The molecule has 3 nitrogen and oxygen atoms in total. The quantitative estimate of drug-likeness (QED) is 0.112. The maximum atomic E-state index is 12.7. The van der Waals surface area contributed by atoms with Crippen molar-refractivity contribution < 1.29 is 9.28 Å². The molecule has 0 aliphatic carbocycles. The van der Waals surface area contributed by atoms with Crippen LogP contribution in [0.25, 0.3) is 0 Å². The van der Waals surface area contributed by atoms with Crippen molar-refractivity contribution >= 4 is 5.91 Å². The number of amides is 1. The lowest BCUT2D eigenvalue weighted by atomic mass is 10.0. The molecule has 0 unspecified atom stereocenters. The van der Waals surface area contributed by atoms with Crippen molar-refractivity contribution in [2.45, 2.75) is 142 Å². The molecule has 0 N–H and O–H groups in total. The number of carbonyl (C=O) groups is 1. The minimum absolute atomic E-state index is 0.387. The first-order valence-electron chi connectivity index (χ1n) is 16.3. The zero-order chi connectivity index (χ0) is 26.4. The van der Waals surface area contributed by atoms with Crippen LogP contribution in [0, 0.1) is 0 Å². The van der Waals surface area contributed by atoms with Gasteiger partial charge in [0.2, 0.25) is 5.91 Å². The molecule has 0 radical (unpaired) electrons. The summed E-state index contributed by atoms with van der Waals surface area (Å²) in [6.07, 6.45) is 27.2. The number of hydrogen-bond acceptors (Lipinski definition) is 1. The summed E-state index contributed by atoms with van der Waals surface area (Å²) in [6.45, 7) is 7.34. The van der Waals surface area contributed by atoms with Gasteiger partial charge in [-0.3, -0.25) is 4.79 Å². The highest BCUT2D eigenvalue weighted by Gasteiger charge is 2.30. The van der Waals surface area contributed by atoms with Crippen LogP contribution < -0.4 is 0 Å². The number of piperazine rings is 1. The van der Waals surface area contributed by atoms with Gasteiger partial charge in [-0.15, -0.1) is 0 Å². The van der Waals surface area contributed by atoms with Crippen LogP contribution in [0.1, 0.15) is 141 Å². The van der Waals surface area contributed by atoms with Gasteiger partial charge in [-0.1, -0.05) is 153 Å². The summed E-state index contributed by atoms with van der Waals surface area (Å²) < 4.78 is 1.05. The van der Waals surface area contributed by atoms with E-state index in [0.29, 0.717) is 5.91 Å². The Morgan fingerprint density at radius 1 is 0.649 bits per heavy atom. The Morgan fingerprint density at radius 3 is 1.49 bits per heavy atom. The summed E-state index contributed by atoms with van der Waals surface area (Å²) >= 11 is 0. The predicted octanol–water partition coefficient (Wildman–Crippen LogP) is 9.30. The second-order valence-electron chi connectivity index (χ2n) is 12.2. The molecule has 1 amide bonds.